The quantitative estimate of drug-likeness (QED) is 0.555. The fraction of sp³-hybridized carbons (Fsp3) is 0.308. The lowest BCUT2D eigenvalue weighted by molar-refractivity contribution is -0.140. The molecule has 4 N–H and O–H groups in total. The molecule has 0 radical (unpaired) electrons. The number of carboxylic acid groups (broad SMARTS) is 2. The summed E-state index contributed by atoms with van der Waals surface area (Å²) in [5.74, 6) is -2.69. The van der Waals surface area contributed by atoms with Crippen LogP contribution < -0.4 is 10.0 Å². The molecule has 0 aliphatic heterocycles. The zero-order valence-electron chi connectivity index (χ0n) is 12.1. The molecule has 0 heterocycles. The Labute approximate surface area is 132 Å². The largest absolute Gasteiger partial charge is 0.481 e. The van der Waals surface area contributed by atoms with E-state index in [1.54, 1.807) is 23.8 Å². The van der Waals surface area contributed by atoms with E-state index in [9.17, 15) is 22.8 Å². The molecule has 1 aromatic carbocycles. The maximum atomic E-state index is 12.0. The average molecular weight is 344 g/mol. The molecule has 0 bridgehead atoms. The standard InChI is InChI=1S/C13H16N2O7S/c1-8-2-4-9(5-3-8)23(21,22)15-13(20)14-10(12(18)19)6-7-11(16)17/h2-5,10H,6-7H2,1H3,(H,16,17)(H,18,19)(H2,14,15,20)/t10-/m1/s1. The Balaban J connectivity index is 2.75. The van der Waals surface area contributed by atoms with Gasteiger partial charge in [-0.1, -0.05) is 17.7 Å². The van der Waals surface area contributed by atoms with Crippen molar-refractivity contribution in [3.05, 3.63) is 29.8 Å². The summed E-state index contributed by atoms with van der Waals surface area (Å²) in [6, 6.07) is 2.91. The van der Waals surface area contributed by atoms with E-state index in [0.717, 1.165) is 5.56 Å². The topological polar surface area (TPSA) is 150 Å². The highest BCUT2D eigenvalue weighted by Gasteiger charge is 2.24. The minimum atomic E-state index is -4.15. The van der Waals surface area contributed by atoms with Gasteiger partial charge in [0, 0.05) is 6.42 Å². The maximum Gasteiger partial charge on any atom is 0.329 e. The highest BCUT2D eigenvalue weighted by molar-refractivity contribution is 7.90. The molecule has 9 nitrogen and oxygen atoms in total. The molecule has 2 amide bonds. The second-order valence-corrected chi connectivity index (χ2v) is 6.40. The number of carbonyl (C=O) groups excluding carboxylic acids is 1. The predicted molar refractivity (Wildman–Crippen MR) is 78.3 cm³/mol. The maximum absolute atomic E-state index is 12.0. The number of carboxylic acids is 2. The second-order valence-electron chi connectivity index (χ2n) is 4.72. The summed E-state index contributed by atoms with van der Waals surface area (Å²) >= 11 is 0. The van der Waals surface area contributed by atoms with Crippen LogP contribution in [0.3, 0.4) is 0 Å². The number of rotatable bonds is 7. The van der Waals surface area contributed by atoms with Gasteiger partial charge in [-0.2, -0.15) is 0 Å². The Morgan fingerprint density at radius 2 is 1.70 bits per heavy atom. The van der Waals surface area contributed by atoms with Crippen molar-refractivity contribution in [1.82, 2.24) is 10.0 Å². The minimum Gasteiger partial charge on any atom is -0.481 e. The third kappa shape index (κ3) is 5.94. The van der Waals surface area contributed by atoms with Gasteiger partial charge in [-0.25, -0.2) is 22.7 Å². The van der Waals surface area contributed by atoms with Gasteiger partial charge in [-0.15, -0.1) is 0 Å². The third-order valence-corrected chi connectivity index (χ3v) is 4.16. The van der Waals surface area contributed by atoms with E-state index in [0.29, 0.717) is 0 Å². The molecule has 0 aromatic heterocycles. The van der Waals surface area contributed by atoms with Crippen molar-refractivity contribution in [2.45, 2.75) is 30.7 Å². The first-order valence-corrected chi connectivity index (χ1v) is 7.94. The first kappa shape index (κ1) is 18.4. The van der Waals surface area contributed by atoms with E-state index in [1.165, 1.54) is 12.1 Å². The SMILES string of the molecule is Cc1ccc(S(=O)(=O)NC(=O)N[C@H](CCC(=O)O)C(=O)O)cc1. The number of urea groups is 1. The van der Waals surface area contributed by atoms with E-state index >= 15 is 0 Å². The van der Waals surface area contributed by atoms with Crippen LogP contribution in [0.1, 0.15) is 18.4 Å². The molecule has 0 fully saturated rings. The van der Waals surface area contributed by atoms with Gasteiger partial charge in [-0.3, -0.25) is 4.79 Å². The predicted octanol–water partition coefficient (Wildman–Crippen LogP) is 0.301. The molecule has 1 atom stereocenters. The van der Waals surface area contributed by atoms with Crippen molar-refractivity contribution >= 4 is 28.0 Å². The minimum absolute atomic E-state index is 0.157. The third-order valence-electron chi connectivity index (χ3n) is 2.81. The van der Waals surface area contributed by atoms with Crippen LogP contribution in [-0.2, 0) is 19.6 Å². The molecule has 126 valence electrons. The number of benzene rings is 1. The summed E-state index contributed by atoms with van der Waals surface area (Å²) in [5, 5.41) is 19.3. The van der Waals surface area contributed by atoms with E-state index in [1.807, 2.05) is 5.32 Å². The van der Waals surface area contributed by atoms with Crippen LogP contribution in [0.5, 0.6) is 0 Å². The fourth-order valence-corrected chi connectivity index (χ4v) is 2.53. The van der Waals surface area contributed by atoms with Crippen molar-refractivity contribution in [1.29, 1.82) is 0 Å². The molecule has 0 aliphatic carbocycles. The van der Waals surface area contributed by atoms with E-state index in [4.69, 9.17) is 10.2 Å². The number of amides is 2. The van der Waals surface area contributed by atoms with Crippen LogP contribution in [0.4, 0.5) is 4.79 Å². The molecule has 1 aromatic rings. The fourth-order valence-electron chi connectivity index (χ4n) is 1.61. The molecule has 0 unspecified atom stereocenters. The Bertz CT molecular complexity index is 698. The lowest BCUT2D eigenvalue weighted by Gasteiger charge is -2.14. The molecule has 10 heteroatoms. The molecule has 1 rings (SSSR count). The van der Waals surface area contributed by atoms with Crippen molar-refractivity contribution in [2.24, 2.45) is 0 Å². The molecule has 0 aliphatic rings. The van der Waals surface area contributed by atoms with Gasteiger partial charge in [0.25, 0.3) is 10.0 Å². The van der Waals surface area contributed by atoms with Gasteiger partial charge in [0.15, 0.2) is 0 Å². The first-order chi connectivity index (χ1) is 10.6. The Morgan fingerprint density at radius 3 is 2.17 bits per heavy atom. The number of aliphatic carboxylic acids is 2. The van der Waals surface area contributed by atoms with Crippen LogP contribution in [0.2, 0.25) is 0 Å². The Hall–Kier alpha value is -2.62. The number of hydrogen-bond acceptors (Lipinski definition) is 5. The van der Waals surface area contributed by atoms with Crippen LogP contribution in [-0.4, -0.2) is 42.6 Å². The van der Waals surface area contributed by atoms with Crippen molar-refractivity contribution in [2.75, 3.05) is 0 Å². The Morgan fingerprint density at radius 1 is 1.13 bits per heavy atom. The molecule has 0 spiro atoms. The number of sulfonamides is 1. The monoisotopic (exact) mass is 344 g/mol. The van der Waals surface area contributed by atoms with Crippen LogP contribution in [0.15, 0.2) is 29.2 Å². The number of carbonyl (C=O) groups is 3. The van der Waals surface area contributed by atoms with E-state index < -0.39 is 40.5 Å². The number of hydrogen-bond donors (Lipinski definition) is 4. The van der Waals surface area contributed by atoms with Crippen LogP contribution in [0.25, 0.3) is 0 Å². The van der Waals surface area contributed by atoms with Crippen LogP contribution in [0, 0.1) is 6.92 Å². The number of aryl methyl sites for hydroxylation is 1. The normalized spacial score (nSPS) is 12.2. The van der Waals surface area contributed by atoms with E-state index in [-0.39, 0.29) is 11.3 Å². The molecule has 0 saturated heterocycles. The zero-order valence-corrected chi connectivity index (χ0v) is 13.0. The Kier molecular flexibility index (Phi) is 6.08. The van der Waals surface area contributed by atoms with Crippen molar-refractivity contribution in [3.63, 3.8) is 0 Å². The smallest absolute Gasteiger partial charge is 0.329 e. The lowest BCUT2D eigenvalue weighted by Crippen LogP contribution is -2.47. The molecular weight excluding hydrogens is 328 g/mol. The summed E-state index contributed by atoms with van der Waals surface area (Å²) in [6.07, 6.45) is -0.857. The van der Waals surface area contributed by atoms with Gasteiger partial charge in [-0.05, 0) is 25.5 Å². The molecule has 0 saturated carbocycles. The first-order valence-electron chi connectivity index (χ1n) is 6.46. The highest BCUT2D eigenvalue weighted by Crippen LogP contribution is 2.09. The summed E-state index contributed by atoms with van der Waals surface area (Å²) in [4.78, 5) is 32.9. The molecular formula is C13H16N2O7S. The summed E-state index contributed by atoms with van der Waals surface area (Å²) < 4.78 is 25.6. The van der Waals surface area contributed by atoms with Crippen molar-refractivity contribution < 1.29 is 33.0 Å². The lowest BCUT2D eigenvalue weighted by atomic mass is 10.1. The number of nitrogens with one attached hydrogen (secondary N) is 2. The van der Waals surface area contributed by atoms with Gasteiger partial charge >= 0.3 is 18.0 Å². The average Bonchev–Trinajstić information content (AvgIpc) is 2.42. The van der Waals surface area contributed by atoms with Gasteiger partial charge in [0.1, 0.15) is 6.04 Å². The van der Waals surface area contributed by atoms with E-state index in [2.05, 4.69) is 0 Å². The summed E-state index contributed by atoms with van der Waals surface area (Å²) in [7, 11) is -4.15. The summed E-state index contributed by atoms with van der Waals surface area (Å²) in [6.45, 7) is 1.76. The highest BCUT2D eigenvalue weighted by atomic mass is 32.2. The van der Waals surface area contributed by atoms with Gasteiger partial charge in [0.05, 0.1) is 4.90 Å². The van der Waals surface area contributed by atoms with Crippen LogP contribution >= 0.6 is 0 Å². The van der Waals surface area contributed by atoms with Gasteiger partial charge < -0.3 is 15.5 Å². The summed E-state index contributed by atoms with van der Waals surface area (Å²) in [5.41, 5.74) is 0.827. The molecule has 23 heavy (non-hydrogen) atoms. The van der Waals surface area contributed by atoms with Gasteiger partial charge in [0.2, 0.25) is 0 Å². The second kappa shape index (κ2) is 7.58. The zero-order chi connectivity index (χ0) is 17.6. The van der Waals surface area contributed by atoms with Crippen molar-refractivity contribution in [3.8, 4) is 0 Å².